The topological polar surface area (TPSA) is 72.8 Å². The van der Waals surface area contributed by atoms with Crippen molar-refractivity contribution in [1.82, 2.24) is 0 Å². The molecule has 102 valence electrons. The van der Waals surface area contributed by atoms with Crippen molar-refractivity contribution in [3.8, 4) is 0 Å². The number of carboxylic acid groups (broad SMARTS) is 1. The van der Waals surface area contributed by atoms with E-state index in [0.29, 0.717) is 6.61 Å². The molecule has 0 unspecified atom stereocenters. The highest BCUT2D eigenvalue weighted by molar-refractivity contribution is 6.00. The third-order valence-electron chi connectivity index (χ3n) is 3.47. The first-order chi connectivity index (χ1) is 9.08. The smallest absolute Gasteiger partial charge is 0.323 e. The van der Waals surface area contributed by atoms with E-state index >= 15 is 0 Å². The number of rotatable bonds is 5. The van der Waals surface area contributed by atoms with Gasteiger partial charge in [0.2, 0.25) is 0 Å². The Bertz CT molecular complexity index is 462. The van der Waals surface area contributed by atoms with E-state index in [9.17, 15) is 9.59 Å². The lowest BCUT2D eigenvalue weighted by Crippen LogP contribution is -2.53. The van der Waals surface area contributed by atoms with Crippen LogP contribution in [0.25, 0.3) is 0 Å². The Balaban J connectivity index is 1.88. The van der Waals surface area contributed by atoms with Crippen LogP contribution in [0.15, 0.2) is 30.3 Å². The van der Waals surface area contributed by atoms with Gasteiger partial charge in [-0.25, -0.2) is 0 Å². The van der Waals surface area contributed by atoms with Crippen LogP contribution >= 0.6 is 0 Å². The maximum atomic E-state index is 11.5. The van der Waals surface area contributed by atoms with Gasteiger partial charge in [-0.15, -0.1) is 0 Å². The Labute approximate surface area is 111 Å². The van der Waals surface area contributed by atoms with E-state index < -0.39 is 17.4 Å². The molecule has 2 rings (SSSR count). The molecule has 1 fully saturated rings. The molecule has 0 heterocycles. The van der Waals surface area contributed by atoms with E-state index in [0.717, 1.165) is 5.56 Å². The summed E-state index contributed by atoms with van der Waals surface area (Å²) in [4.78, 5) is 22.7. The summed E-state index contributed by atoms with van der Waals surface area (Å²) in [5, 5.41) is 9.13. The second-order valence-electron chi connectivity index (χ2n) is 4.71. The van der Waals surface area contributed by atoms with Gasteiger partial charge in [0.15, 0.2) is 5.41 Å². The van der Waals surface area contributed by atoms with Gasteiger partial charge in [0.05, 0.1) is 19.8 Å². The second-order valence-corrected chi connectivity index (χ2v) is 4.71. The Hall–Kier alpha value is -1.88. The van der Waals surface area contributed by atoms with Gasteiger partial charge in [-0.3, -0.25) is 9.59 Å². The van der Waals surface area contributed by atoms with Gasteiger partial charge in [-0.05, 0) is 5.56 Å². The molecule has 1 N–H and O–H groups in total. The number of methoxy groups -OCH3 is 1. The lowest BCUT2D eigenvalue weighted by molar-refractivity contribution is -0.187. The van der Waals surface area contributed by atoms with Crippen molar-refractivity contribution in [2.24, 2.45) is 5.41 Å². The predicted molar refractivity (Wildman–Crippen MR) is 66.3 cm³/mol. The Morgan fingerprint density at radius 3 is 2.47 bits per heavy atom. The second kappa shape index (κ2) is 5.40. The summed E-state index contributed by atoms with van der Waals surface area (Å²) in [6.45, 7) is 0.419. The van der Waals surface area contributed by atoms with Crippen molar-refractivity contribution in [2.45, 2.75) is 25.6 Å². The molecular weight excluding hydrogens is 248 g/mol. The maximum absolute atomic E-state index is 11.5. The molecule has 1 aliphatic rings. The zero-order chi connectivity index (χ0) is 13.9. The molecule has 0 aliphatic heterocycles. The summed E-state index contributed by atoms with van der Waals surface area (Å²) in [7, 11) is 1.20. The first-order valence-electron chi connectivity index (χ1n) is 6.06. The Kier molecular flexibility index (Phi) is 3.85. The van der Waals surface area contributed by atoms with Crippen LogP contribution < -0.4 is 0 Å². The number of ether oxygens (including phenoxy) is 2. The fraction of sp³-hybridized carbons (Fsp3) is 0.429. The normalized spacial score (nSPS) is 25.4. The molecule has 0 bridgehead atoms. The van der Waals surface area contributed by atoms with E-state index in [1.54, 1.807) is 0 Å². The van der Waals surface area contributed by atoms with E-state index in [-0.39, 0.29) is 18.9 Å². The zero-order valence-electron chi connectivity index (χ0n) is 10.7. The van der Waals surface area contributed by atoms with Gasteiger partial charge in [0.25, 0.3) is 0 Å². The molecule has 19 heavy (non-hydrogen) atoms. The molecule has 0 atom stereocenters. The van der Waals surface area contributed by atoms with Crippen LogP contribution in [0.2, 0.25) is 0 Å². The first kappa shape index (κ1) is 13.5. The molecule has 1 saturated carbocycles. The number of hydrogen-bond donors (Lipinski definition) is 1. The summed E-state index contributed by atoms with van der Waals surface area (Å²) in [6.07, 6.45) is 0.124. The molecule has 0 radical (unpaired) electrons. The van der Waals surface area contributed by atoms with Gasteiger partial charge in [0.1, 0.15) is 0 Å². The molecule has 1 aromatic rings. The first-order valence-corrected chi connectivity index (χ1v) is 6.06. The van der Waals surface area contributed by atoms with Crippen LogP contribution in [-0.4, -0.2) is 30.3 Å². The van der Waals surface area contributed by atoms with Crippen molar-refractivity contribution in [3.05, 3.63) is 35.9 Å². The van der Waals surface area contributed by atoms with E-state index in [1.807, 2.05) is 30.3 Å². The van der Waals surface area contributed by atoms with Crippen LogP contribution in [0.1, 0.15) is 18.4 Å². The van der Waals surface area contributed by atoms with Crippen molar-refractivity contribution >= 4 is 11.9 Å². The van der Waals surface area contributed by atoms with Crippen LogP contribution in [-0.2, 0) is 25.7 Å². The van der Waals surface area contributed by atoms with Gasteiger partial charge in [-0.1, -0.05) is 30.3 Å². The average Bonchev–Trinajstić information content (AvgIpc) is 2.37. The monoisotopic (exact) mass is 264 g/mol. The molecule has 5 nitrogen and oxygen atoms in total. The van der Waals surface area contributed by atoms with Gasteiger partial charge in [-0.2, -0.15) is 0 Å². The molecule has 0 aromatic heterocycles. The minimum Gasteiger partial charge on any atom is -0.480 e. The maximum Gasteiger partial charge on any atom is 0.323 e. The van der Waals surface area contributed by atoms with E-state index in [4.69, 9.17) is 9.84 Å². The minimum atomic E-state index is -1.42. The van der Waals surface area contributed by atoms with Crippen molar-refractivity contribution < 1.29 is 24.2 Å². The van der Waals surface area contributed by atoms with Gasteiger partial charge >= 0.3 is 11.9 Å². The van der Waals surface area contributed by atoms with E-state index in [1.165, 1.54) is 7.11 Å². The number of benzene rings is 1. The number of aliphatic carboxylic acids is 1. The van der Waals surface area contributed by atoms with Crippen LogP contribution in [0.4, 0.5) is 0 Å². The zero-order valence-corrected chi connectivity index (χ0v) is 10.7. The Morgan fingerprint density at radius 2 is 1.95 bits per heavy atom. The third kappa shape index (κ3) is 2.61. The minimum absolute atomic E-state index is 0.168. The molecule has 0 spiro atoms. The highest BCUT2D eigenvalue weighted by Crippen LogP contribution is 2.44. The quantitative estimate of drug-likeness (QED) is 0.646. The number of hydrogen-bond acceptors (Lipinski definition) is 4. The van der Waals surface area contributed by atoms with Gasteiger partial charge in [0, 0.05) is 12.8 Å². The van der Waals surface area contributed by atoms with Crippen LogP contribution in [0.3, 0.4) is 0 Å². The van der Waals surface area contributed by atoms with Gasteiger partial charge < -0.3 is 14.6 Å². The molecule has 1 aliphatic carbocycles. The van der Waals surface area contributed by atoms with Crippen molar-refractivity contribution in [2.75, 3.05) is 7.11 Å². The standard InChI is InChI=1S/C14H16O5/c1-18-13(17)14(12(15)16)7-11(8-14)19-9-10-5-3-2-4-6-10/h2-6,11H,7-9H2,1H3,(H,15,16). The third-order valence-corrected chi connectivity index (χ3v) is 3.47. The lowest BCUT2D eigenvalue weighted by atomic mass is 9.66. The van der Waals surface area contributed by atoms with Crippen LogP contribution in [0.5, 0.6) is 0 Å². The number of carbonyl (C=O) groups is 2. The summed E-state index contributed by atoms with van der Waals surface area (Å²) in [6, 6.07) is 9.61. The molecule has 5 heteroatoms. The average molecular weight is 264 g/mol. The summed E-state index contributed by atoms with van der Waals surface area (Å²) < 4.78 is 10.1. The SMILES string of the molecule is COC(=O)C1(C(=O)O)CC(OCc2ccccc2)C1. The fourth-order valence-electron chi connectivity index (χ4n) is 2.25. The summed E-state index contributed by atoms with van der Waals surface area (Å²) in [5.74, 6) is -1.83. The number of carbonyl (C=O) groups excluding carboxylic acids is 1. The highest BCUT2D eigenvalue weighted by Gasteiger charge is 2.58. The summed E-state index contributed by atoms with van der Waals surface area (Å²) >= 11 is 0. The lowest BCUT2D eigenvalue weighted by Gasteiger charge is -2.41. The van der Waals surface area contributed by atoms with Crippen molar-refractivity contribution in [3.63, 3.8) is 0 Å². The number of esters is 1. The van der Waals surface area contributed by atoms with E-state index in [2.05, 4.69) is 4.74 Å². The van der Waals surface area contributed by atoms with Crippen LogP contribution in [0, 0.1) is 5.41 Å². The fourth-order valence-corrected chi connectivity index (χ4v) is 2.25. The summed E-state index contributed by atoms with van der Waals surface area (Å²) in [5.41, 5.74) is -0.399. The Morgan fingerprint density at radius 1 is 1.32 bits per heavy atom. The molecule has 0 saturated heterocycles. The van der Waals surface area contributed by atoms with Crippen molar-refractivity contribution in [1.29, 1.82) is 0 Å². The highest BCUT2D eigenvalue weighted by atomic mass is 16.5. The molecule has 0 amide bonds. The molecular formula is C14H16O5. The predicted octanol–water partition coefficient (Wildman–Crippen LogP) is 1.61. The number of carboxylic acids is 1. The largest absolute Gasteiger partial charge is 0.480 e. The molecule has 1 aromatic carbocycles.